The second kappa shape index (κ2) is 7.70. The number of piperidine rings is 1. The van der Waals surface area contributed by atoms with Crippen LogP contribution in [0.3, 0.4) is 0 Å². The fourth-order valence-electron chi connectivity index (χ4n) is 3.44. The van der Waals surface area contributed by atoms with Gasteiger partial charge in [0.05, 0.1) is 0 Å². The second-order valence-corrected chi connectivity index (χ2v) is 6.80. The van der Waals surface area contributed by atoms with Gasteiger partial charge in [0.1, 0.15) is 6.04 Å². The average molecular weight is 352 g/mol. The molecule has 0 saturated carbocycles. The topological polar surface area (TPSA) is 86.0 Å². The van der Waals surface area contributed by atoms with Gasteiger partial charge in [-0.05, 0) is 36.8 Å². The van der Waals surface area contributed by atoms with Gasteiger partial charge in [0.2, 0.25) is 5.89 Å². The van der Waals surface area contributed by atoms with Crippen LogP contribution in [-0.4, -0.2) is 33.1 Å². The van der Waals surface area contributed by atoms with Crippen LogP contribution in [0.1, 0.15) is 36.8 Å². The zero-order valence-electron chi connectivity index (χ0n) is 14.7. The van der Waals surface area contributed by atoms with Crippen molar-refractivity contribution in [1.82, 2.24) is 20.0 Å². The smallest absolute Gasteiger partial charge is 0.318 e. The molecular formula is C19H24N6O. The molecule has 1 atom stereocenters. The molecule has 7 nitrogen and oxygen atoms in total. The van der Waals surface area contributed by atoms with Gasteiger partial charge < -0.3 is 15.1 Å². The minimum Gasteiger partial charge on any atom is -0.406 e. The van der Waals surface area contributed by atoms with Crippen LogP contribution >= 0.6 is 0 Å². The molecule has 2 N–H and O–H groups in total. The maximum Gasteiger partial charge on any atom is 0.318 e. The minimum atomic E-state index is -0.385. The first-order valence-electron chi connectivity index (χ1n) is 9.16. The van der Waals surface area contributed by atoms with Gasteiger partial charge in [-0.25, -0.2) is 0 Å². The molecule has 2 aromatic heterocycles. The van der Waals surface area contributed by atoms with Crippen LogP contribution in [0.15, 0.2) is 53.2 Å². The van der Waals surface area contributed by atoms with Crippen molar-refractivity contribution in [2.45, 2.75) is 31.8 Å². The van der Waals surface area contributed by atoms with Crippen molar-refractivity contribution in [3.05, 3.63) is 60.2 Å². The molecule has 1 aromatic carbocycles. The van der Waals surface area contributed by atoms with Gasteiger partial charge in [-0.15, -0.1) is 5.10 Å². The molecular weight excluding hydrogens is 328 g/mol. The van der Waals surface area contributed by atoms with Gasteiger partial charge >= 0.3 is 6.01 Å². The van der Waals surface area contributed by atoms with E-state index in [1.54, 1.807) is 0 Å². The molecule has 0 unspecified atom stereocenters. The highest BCUT2D eigenvalue weighted by Gasteiger charge is 2.24. The zero-order valence-corrected chi connectivity index (χ0v) is 14.7. The summed E-state index contributed by atoms with van der Waals surface area (Å²) in [5.41, 5.74) is 7.22. The summed E-state index contributed by atoms with van der Waals surface area (Å²) in [6.45, 7) is 2.85. The molecule has 0 aliphatic carbocycles. The number of aromatic nitrogens is 4. The summed E-state index contributed by atoms with van der Waals surface area (Å²) in [5, 5.41) is 12.6. The number of aryl methyl sites for hydroxylation is 1. The summed E-state index contributed by atoms with van der Waals surface area (Å²) in [6.07, 6.45) is 7.26. The van der Waals surface area contributed by atoms with Crippen LogP contribution in [0.5, 0.6) is 0 Å². The number of hydrogen-bond donors (Lipinski definition) is 1. The van der Waals surface area contributed by atoms with Crippen molar-refractivity contribution < 1.29 is 4.42 Å². The Kier molecular flexibility index (Phi) is 4.97. The summed E-state index contributed by atoms with van der Waals surface area (Å²) in [6, 6.07) is 12.0. The Labute approximate surface area is 152 Å². The zero-order chi connectivity index (χ0) is 17.8. The SMILES string of the molecule is N[C@H](c1ccccc1)c1nnc(N2CCC(CCn3cccn3)CC2)o1. The molecule has 0 bridgehead atoms. The summed E-state index contributed by atoms with van der Waals surface area (Å²) in [7, 11) is 0. The molecule has 1 saturated heterocycles. The van der Waals surface area contributed by atoms with Crippen molar-refractivity contribution in [2.24, 2.45) is 11.7 Å². The molecule has 1 aliphatic heterocycles. The highest BCUT2D eigenvalue weighted by molar-refractivity contribution is 5.28. The lowest BCUT2D eigenvalue weighted by molar-refractivity contribution is 0.341. The third kappa shape index (κ3) is 3.77. The van der Waals surface area contributed by atoms with Crippen LogP contribution in [-0.2, 0) is 6.54 Å². The van der Waals surface area contributed by atoms with Crippen LogP contribution in [0.4, 0.5) is 6.01 Å². The van der Waals surface area contributed by atoms with Crippen molar-refractivity contribution in [3.63, 3.8) is 0 Å². The first-order chi connectivity index (χ1) is 12.8. The highest BCUT2D eigenvalue weighted by atomic mass is 16.4. The molecule has 1 aliphatic rings. The first-order valence-corrected chi connectivity index (χ1v) is 9.16. The van der Waals surface area contributed by atoms with Gasteiger partial charge in [-0.2, -0.15) is 5.10 Å². The molecule has 0 spiro atoms. The summed E-state index contributed by atoms with van der Waals surface area (Å²) < 4.78 is 7.86. The molecule has 1 fully saturated rings. The Morgan fingerprint density at radius 1 is 1.12 bits per heavy atom. The predicted octanol–water partition coefficient (Wildman–Crippen LogP) is 2.62. The predicted molar refractivity (Wildman–Crippen MR) is 98.6 cm³/mol. The standard InChI is InChI=1S/C19H24N6O/c20-17(16-5-2-1-3-6-16)18-22-23-19(26-18)24-12-7-15(8-13-24)9-14-25-11-4-10-21-25/h1-6,10-11,15,17H,7-9,12-14,20H2/t17-/m1/s1. The summed E-state index contributed by atoms with van der Waals surface area (Å²) >= 11 is 0. The monoisotopic (exact) mass is 352 g/mol. The number of benzene rings is 1. The fourth-order valence-corrected chi connectivity index (χ4v) is 3.44. The van der Waals surface area contributed by atoms with E-state index in [9.17, 15) is 0 Å². The number of rotatable bonds is 6. The number of hydrogen-bond acceptors (Lipinski definition) is 6. The van der Waals surface area contributed by atoms with E-state index in [4.69, 9.17) is 10.2 Å². The molecule has 7 heteroatoms. The highest BCUT2D eigenvalue weighted by Crippen LogP contribution is 2.26. The Bertz CT molecular complexity index is 793. The van der Waals surface area contributed by atoms with E-state index in [-0.39, 0.29) is 6.04 Å². The number of nitrogens with two attached hydrogens (primary N) is 1. The van der Waals surface area contributed by atoms with E-state index < -0.39 is 0 Å². The van der Waals surface area contributed by atoms with E-state index in [0.717, 1.165) is 44.5 Å². The molecule has 3 heterocycles. The third-order valence-electron chi connectivity index (χ3n) is 5.07. The largest absolute Gasteiger partial charge is 0.406 e. The minimum absolute atomic E-state index is 0.385. The van der Waals surface area contributed by atoms with E-state index >= 15 is 0 Å². The second-order valence-electron chi connectivity index (χ2n) is 6.80. The van der Waals surface area contributed by atoms with Crippen molar-refractivity contribution in [1.29, 1.82) is 0 Å². The van der Waals surface area contributed by atoms with Crippen LogP contribution in [0.2, 0.25) is 0 Å². The molecule has 0 amide bonds. The quantitative estimate of drug-likeness (QED) is 0.734. The van der Waals surface area contributed by atoms with Gasteiger partial charge in [0, 0.05) is 32.0 Å². The van der Waals surface area contributed by atoms with Crippen LogP contribution < -0.4 is 10.6 Å². The van der Waals surface area contributed by atoms with Crippen molar-refractivity contribution in [2.75, 3.05) is 18.0 Å². The van der Waals surface area contributed by atoms with Gasteiger partial charge in [-0.3, -0.25) is 4.68 Å². The van der Waals surface area contributed by atoms with E-state index in [1.807, 2.05) is 53.5 Å². The van der Waals surface area contributed by atoms with E-state index in [2.05, 4.69) is 20.2 Å². The normalized spacial score (nSPS) is 16.7. The lowest BCUT2D eigenvalue weighted by atomic mass is 9.94. The van der Waals surface area contributed by atoms with Gasteiger partial charge in [0.25, 0.3) is 0 Å². The summed E-state index contributed by atoms with van der Waals surface area (Å²) in [5.74, 6) is 1.18. The van der Waals surface area contributed by atoms with Crippen molar-refractivity contribution >= 4 is 6.01 Å². The first kappa shape index (κ1) is 16.8. The van der Waals surface area contributed by atoms with E-state index in [1.165, 1.54) is 0 Å². The Morgan fingerprint density at radius 2 is 1.92 bits per heavy atom. The third-order valence-corrected chi connectivity index (χ3v) is 5.07. The maximum atomic E-state index is 6.24. The van der Waals surface area contributed by atoms with E-state index in [0.29, 0.717) is 17.8 Å². The molecule has 4 rings (SSSR count). The van der Waals surface area contributed by atoms with Crippen molar-refractivity contribution in [3.8, 4) is 0 Å². The Morgan fingerprint density at radius 3 is 2.65 bits per heavy atom. The summed E-state index contributed by atoms with van der Waals surface area (Å²) in [4.78, 5) is 2.17. The lowest BCUT2D eigenvalue weighted by Crippen LogP contribution is -2.34. The Balaban J connectivity index is 1.31. The average Bonchev–Trinajstić information content (AvgIpc) is 3.39. The number of anilines is 1. The molecule has 3 aromatic rings. The number of nitrogens with zero attached hydrogens (tertiary/aromatic N) is 5. The molecule has 26 heavy (non-hydrogen) atoms. The van der Waals surface area contributed by atoms with Crippen LogP contribution in [0.25, 0.3) is 0 Å². The van der Waals surface area contributed by atoms with Gasteiger partial charge in [-0.1, -0.05) is 35.4 Å². The van der Waals surface area contributed by atoms with Crippen LogP contribution in [0, 0.1) is 5.92 Å². The molecule has 0 radical (unpaired) electrons. The maximum absolute atomic E-state index is 6.24. The van der Waals surface area contributed by atoms with Gasteiger partial charge in [0.15, 0.2) is 0 Å². The lowest BCUT2D eigenvalue weighted by Gasteiger charge is -2.30. The Hall–Kier alpha value is -2.67. The molecule has 136 valence electrons. The fraction of sp³-hybridized carbons (Fsp3) is 0.421.